The third kappa shape index (κ3) is 5.19. The van der Waals surface area contributed by atoms with Crippen LogP contribution < -0.4 is 11.2 Å². The maximum absolute atomic E-state index is 11.2. The van der Waals surface area contributed by atoms with E-state index in [1.807, 2.05) is 0 Å². The highest BCUT2D eigenvalue weighted by Gasteiger charge is 2.27. The lowest BCUT2D eigenvalue weighted by molar-refractivity contribution is -0.140. The maximum Gasteiger partial charge on any atom is 0.256 e. The molecule has 0 aliphatic heterocycles. The summed E-state index contributed by atoms with van der Waals surface area (Å²) in [4.78, 5) is 23.0. The Bertz CT molecular complexity index is 455. The van der Waals surface area contributed by atoms with Gasteiger partial charge >= 0.3 is 0 Å². The monoisotopic (exact) mass is 348 g/mol. The van der Waals surface area contributed by atoms with E-state index in [1.54, 1.807) is 24.3 Å². The van der Waals surface area contributed by atoms with E-state index in [0.717, 1.165) is 21.1 Å². The largest absolute Gasteiger partial charge is 0.382 e. The highest BCUT2D eigenvalue weighted by atomic mass is 79.9. The second-order valence-corrected chi connectivity index (χ2v) is 5.86. The SMILES string of the molecule is NC(=O)C(CC(O)Sc1ccc(Br)cc1)C(=O)NO. The molecule has 1 aromatic carbocycles. The predicted octanol–water partition coefficient (Wildman–Crippen LogP) is 0.857. The van der Waals surface area contributed by atoms with Crippen LogP contribution in [0.15, 0.2) is 33.6 Å². The van der Waals surface area contributed by atoms with Gasteiger partial charge in [-0.15, -0.1) is 0 Å². The standard InChI is InChI=1S/C11H13BrN2O4S/c12-6-1-3-7(4-2-6)19-9(15)5-8(10(13)16)11(17)14-18/h1-4,8-9,15,18H,5H2,(H2,13,16)(H,14,17). The molecule has 2 unspecified atom stereocenters. The van der Waals surface area contributed by atoms with Gasteiger partial charge in [-0.25, -0.2) is 5.48 Å². The van der Waals surface area contributed by atoms with Crippen molar-refractivity contribution in [1.82, 2.24) is 5.48 Å². The highest BCUT2D eigenvalue weighted by Crippen LogP contribution is 2.27. The molecule has 6 nitrogen and oxygen atoms in total. The molecular formula is C11H13BrN2O4S. The number of aliphatic hydroxyl groups excluding tert-OH is 1. The summed E-state index contributed by atoms with van der Waals surface area (Å²) < 4.78 is 0.904. The number of hydrogen-bond donors (Lipinski definition) is 4. The molecule has 2 amide bonds. The molecule has 0 aliphatic rings. The number of rotatable bonds is 6. The number of primary amides is 1. The molecule has 0 aromatic heterocycles. The Morgan fingerprint density at radius 1 is 1.37 bits per heavy atom. The Kier molecular flexibility index (Phi) is 6.29. The Balaban J connectivity index is 2.62. The Morgan fingerprint density at radius 2 is 1.95 bits per heavy atom. The summed E-state index contributed by atoms with van der Waals surface area (Å²) in [5, 5.41) is 18.3. The van der Waals surface area contributed by atoms with Crippen LogP contribution in [-0.4, -0.2) is 27.6 Å². The van der Waals surface area contributed by atoms with Crippen molar-refractivity contribution in [2.75, 3.05) is 0 Å². The minimum Gasteiger partial charge on any atom is -0.382 e. The van der Waals surface area contributed by atoms with Gasteiger partial charge in [0.05, 0.1) is 0 Å². The molecule has 0 fully saturated rings. The molecule has 0 aliphatic carbocycles. The van der Waals surface area contributed by atoms with Gasteiger partial charge in [0.25, 0.3) is 5.91 Å². The summed E-state index contributed by atoms with van der Waals surface area (Å²) in [6.45, 7) is 0. The maximum atomic E-state index is 11.2. The van der Waals surface area contributed by atoms with E-state index >= 15 is 0 Å². The zero-order valence-corrected chi connectivity index (χ0v) is 12.1. The van der Waals surface area contributed by atoms with Crippen molar-refractivity contribution in [2.45, 2.75) is 16.8 Å². The van der Waals surface area contributed by atoms with Gasteiger partial charge < -0.3 is 10.8 Å². The third-order valence-corrected chi connectivity index (χ3v) is 3.83. The van der Waals surface area contributed by atoms with Crippen LogP contribution in [0.5, 0.6) is 0 Å². The lowest BCUT2D eigenvalue weighted by Gasteiger charge is -2.15. The van der Waals surface area contributed by atoms with Crippen LogP contribution >= 0.6 is 27.7 Å². The molecule has 104 valence electrons. The number of aliphatic hydroxyl groups is 1. The smallest absolute Gasteiger partial charge is 0.256 e. The van der Waals surface area contributed by atoms with Crippen molar-refractivity contribution in [3.8, 4) is 0 Å². The molecule has 0 heterocycles. The lowest BCUT2D eigenvalue weighted by Crippen LogP contribution is -2.38. The molecule has 19 heavy (non-hydrogen) atoms. The van der Waals surface area contributed by atoms with Crippen molar-refractivity contribution in [1.29, 1.82) is 0 Å². The van der Waals surface area contributed by atoms with Crippen LogP contribution in [0.3, 0.4) is 0 Å². The Morgan fingerprint density at radius 3 is 2.42 bits per heavy atom. The van der Waals surface area contributed by atoms with Crippen molar-refractivity contribution >= 4 is 39.5 Å². The van der Waals surface area contributed by atoms with Crippen LogP contribution in [0.4, 0.5) is 0 Å². The van der Waals surface area contributed by atoms with Gasteiger partial charge in [0.15, 0.2) is 0 Å². The Labute approximate surface area is 122 Å². The fourth-order valence-corrected chi connectivity index (χ4v) is 2.51. The first-order valence-corrected chi connectivity index (χ1v) is 6.95. The first-order valence-electron chi connectivity index (χ1n) is 5.27. The second kappa shape index (κ2) is 7.49. The van der Waals surface area contributed by atoms with E-state index < -0.39 is 23.2 Å². The number of halogens is 1. The van der Waals surface area contributed by atoms with E-state index in [-0.39, 0.29) is 6.42 Å². The number of hydrogen-bond acceptors (Lipinski definition) is 5. The van der Waals surface area contributed by atoms with Gasteiger partial charge in [0, 0.05) is 15.8 Å². The number of hydroxylamine groups is 1. The Hall–Kier alpha value is -1.09. The number of thioether (sulfide) groups is 1. The second-order valence-electron chi connectivity index (χ2n) is 3.69. The highest BCUT2D eigenvalue weighted by molar-refractivity contribution is 9.10. The van der Waals surface area contributed by atoms with Gasteiger partial charge in [0.2, 0.25) is 5.91 Å². The molecule has 1 aromatic rings. The summed E-state index contributed by atoms with van der Waals surface area (Å²) in [5.41, 5.74) is 5.40. The minimum absolute atomic E-state index is 0.178. The first kappa shape index (κ1) is 16.0. The molecule has 0 radical (unpaired) electrons. The zero-order chi connectivity index (χ0) is 14.4. The summed E-state index contributed by atoms with van der Waals surface area (Å²) in [5.74, 6) is -3.10. The number of nitrogens with two attached hydrogens (primary N) is 1. The fraction of sp³-hybridized carbons (Fsp3) is 0.273. The summed E-state index contributed by atoms with van der Waals surface area (Å²) in [6, 6.07) is 7.18. The molecular weight excluding hydrogens is 336 g/mol. The average Bonchev–Trinajstić information content (AvgIpc) is 2.37. The fourth-order valence-electron chi connectivity index (χ4n) is 1.35. The van der Waals surface area contributed by atoms with E-state index in [0.29, 0.717) is 0 Å². The molecule has 0 saturated carbocycles. The van der Waals surface area contributed by atoms with Gasteiger partial charge in [-0.2, -0.15) is 0 Å². The predicted molar refractivity (Wildman–Crippen MR) is 73.2 cm³/mol. The minimum atomic E-state index is -1.28. The lowest BCUT2D eigenvalue weighted by atomic mass is 10.1. The van der Waals surface area contributed by atoms with Crippen molar-refractivity contribution in [3.05, 3.63) is 28.7 Å². The number of carbonyl (C=O) groups excluding carboxylic acids is 2. The zero-order valence-electron chi connectivity index (χ0n) is 9.75. The van der Waals surface area contributed by atoms with Gasteiger partial charge in [0.1, 0.15) is 11.4 Å². The van der Waals surface area contributed by atoms with Gasteiger partial charge in [-0.1, -0.05) is 27.7 Å². The molecule has 0 spiro atoms. The van der Waals surface area contributed by atoms with Gasteiger partial charge in [-0.3, -0.25) is 14.8 Å². The quantitative estimate of drug-likeness (QED) is 0.200. The van der Waals surface area contributed by atoms with Crippen molar-refractivity contribution < 1.29 is 19.9 Å². The van der Waals surface area contributed by atoms with E-state index in [2.05, 4.69) is 15.9 Å². The first-order chi connectivity index (χ1) is 8.93. The number of nitrogens with one attached hydrogen (secondary N) is 1. The molecule has 5 N–H and O–H groups in total. The van der Waals surface area contributed by atoms with Crippen molar-refractivity contribution in [3.63, 3.8) is 0 Å². The average molecular weight is 349 g/mol. The van der Waals surface area contributed by atoms with Crippen molar-refractivity contribution in [2.24, 2.45) is 11.7 Å². The molecule has 2 atom stereocenters. The number of amides is 2. The van der Waals surface area contributed by atoms with Crippen LogP contribution in [0.2, 0.25) is 0 Å². The molecule has 0 bridgehead atoms. The van der Waals surface area contributed by atoms with Crippen LogP contribution in [0.25, 0.3) is 0 Å². The van der Waals surface area contributed by atoms with E-state index in [9.17, 15) is 14.7 Å². The number of benzene rings is 1. The van der Waals surface area contributed by atoms with E-state index in [4.69, 9.17) is 10.9 Å². The van der Waals surface area contributed by atoms with Gasteiger partial charge in [-0.05, 0) is 24.3 Å². The number of carbonyl (C=O) groups is 2. The third-order valence-electron chi connectivity index (χ3n) is 2.29. The summed E-state index contributed by atoms with van der Waals surface area (Å²) in [7, 11) is 0. The van der Waals surface area contributed by atoms with Crippen LogP contribution in [0, 0.1) is 5.92 Å². The van der Waals surface area contributed by atoms with Crippen LogP contribution in [0.1, 0.15) is 6.42 Å². The molecule has 0 saturated heterocycles. The normalized spacial score (nSPS) is 13.6. The summed E-state index contributed by atoms with van der Waals surface area (Å²) >= 11 is 4.38. The topological polar surface area (TPSA) is 113 Å². The summed E-state index contributed by atoms with van der Waals surface area (Å²) in [6.07, 6.45) is -0.178. The molecule has 8 heteroatoms. The molecule has 1 rings (SSSR count). The van der Waals surface area contributed by atoms with E-state index in [1.165, 1.54) is 5.48 Å². The van der Waals surface area contributed by atoms with Crippen LogP contribution in [-0.2, 0) is 9.59 Å².